The van der Waals surface area contributed by atoms with Gasteiger partial charge in [-0.1, -0.05) is 114 Å². The van der Waals surface area contributed by atoms with Crippen LogP contribution in [0.1, 0.15) is 49.1 Å². The van der Waals surface area contributed by atoms with Crippen molar-refractivity contribution in [3.8, 4) is 11.3 Å². The lowest BCUT2D eigenvalue weighted by Crippen LogP contribution is -2.70. The number of anilines is 1. The Hall–Kier alpha value is -6.37. The Balaban J connectivity index is 1.12. The number of thioether (sulfide) groups is 1. The number of fused-ring (bicyclic) bond motifs is 1. The maximum Gasteiger partial charge on any atom is 0.511 e. The van der Waals surface area contributed by atoms with E-state index in [0.29, 0.717) is 34.1 Å². The van der Waals surface area contributed by atoms with Crippen LogP contribution >= 0.6 is 34.6 Å². The molecule has 18 heteroatoms. The molecule has 2 aromatic heterocycles. The summed E-state index contributed by atoms with van der Waals surface area (Å²) in [4.78, 5) is 65.5. The number of thiazole rings is 1. The van der Waals surface area contributed by atoms with Gasteiger partial charge in [-0.25, -0.2) is 14.6 Å². The molecule has 3 atom stereocenters. The summed E-state index contributed by atoms with van der Waals surface area (Å²) in [6.45, 7) is 3.47. The van der Waals surface area contributed by atoms with E-state index in [-0.39, 0.29) is 18.1 Å². The number of esters is 1. The maximum absolute atomic E-state index is 13.8. The molecule has 7 rings (SSSR count). The normalized spacial score (nSPS) is 16.9. The van der Waals surface area contributed by atoms with E-state index < -0.39 is 47.2 Å². The molecule has 308 valence electrons. The fourth-order valence-corrected chi connectivity index (χ4v) is 8.94. The first-order valence-electron chi connectivity index (χ1n) is 18.8. The number of carbonyl (C=O) groups is 4. The third kappa shape index (κ3) is 9.10. The second-order valence-electron chi connectivity index (χ2n) is 13.3. The highest BCUT2D eigenvalue weighted by atomic mass is 32.2. The number of amides is 2. The molecule has 0 radical (unpaired) electrons. The van der Waals surface area contributed by atoms with Gasteiger partial charge in [0.1, 0.15) is 23.3 Å². The number of unbranched alkanes of at least 4 members (excludes halogenated alkanes) is 1. The summed E-state index contributed by atoms with van der Waals surface area (Å²) in [5.41, 5.74) is 9.19. The van der Waals surface area contributed by atoms with Crippen LogP contribution in [0, 0.1) is 0 Å². The van der Waals surface area contributed by atoms with E-state index in [0.717, 1.165) is 40.9 Å². The molecule has 5 aromatic rings. The fraction of sp³-hybridized carbons (Fsp3) is 0.238. The highest BCUT2D eigenvalue weighted by molar-refractivity contribution is 8.00. The zero-order valence-corrected chi connectivity index (χ0v) is 34.8. The first-order valence-corrected chi connectivity index (χ1v) is 21.6. The lowest BCUT2D eigenvalue weighted by atomic mass is 9.78. The van der Waals surface area contributed by atoms with Crippen LogP contribution in [0.3, 0.4) is 0 Å². The highest BCUT2D eigenvalue weighted by Crippen LogP contribution is 2.45. The molecule has 2 aliphatic heterocycles. The van der Waals surface area contributed by atoms with Crippen LogP contribution in [0.4, 0.5) is 9.93 Å². The van der Waals surface area contributed by atoms with E-state index in [1.165, 1.54) is 34.9 Å². The van der Waals surface area contributed by atoms with E-state index in [1.54, 1.807) is 17.5 Å². The maximum atomic E-state index is 13.8. The Morgan fingerprint density at radius 2 is 1.72 bits per heavy atom. The van der Waals surface area contributed by atoms with E-state index >= 15 is 0 Å². The molecule has 4 heterocycles. The summed E-state index contributed by atoms with van der Waals surface area (Å²) in [6, 6.07) is 25.6. The lowest BCUT2D eigenvalue weighted by molar-refractivity contribution is -0.169. The summed E-state index contributed by atoms with van der Waals surface area (Å²) in [5, 5.41) is 14.3. The molecule has 0 aliphatic carbocycles. The van der Waals surface area contributed by atoms with Gasteiger partial charge in [-0.15, -0.1) is 28.2 Å². The number of β-lactam (4-membered cyclic amide) rings is 1. The number of allylic oxidation sites excluding steroid dienone is 1. The van der Waals surface area contributed by atoms with Gasteiger partial charge in [-0.2, -0.15) is 0 Å². The van der Waals surface area contributed by atoms with Crippen LogP contribution < -0.4 is 11.1 Å². The van der Waals surface area contributed by atoms with Gasteiger partial charge in [0.05, 0.1) is 18.0 Å². The van der Waals surface area contributed by atoms with Crippen LogP contribution in [-0.4, -0.2) is 79.7 Å². The topological polar surface area (TPSA) is 198 Å². The predicted molar refractivity (Wildman–Crippen MR) is 228 cm³/mol. The van der Waals surface area contributed by atoms with Crippen molar-refractivity contribution in [1.29, 1.82) is 0 Å². The van der Waals surface area contributed by atoms with Crippen LogP contribution in [0.15, 0.2) is 118 Å². The van der Waals surface area contributed by atoms with Crippen molar-refractivity contribution in [2.24, 2.45) is 5.16 Å². The van der Waals surface area contributed by atoms with Crippen LogP contribution in [-0.2, 0) is 39.0 Å². The Labute approximate surface area is 357 Å². The Bertz CT molecular complexity index is 2370. The Kier molecular flexibility index (Phi) is 13.3. The van der Waals surface area contributed by atoms with Crippen molar-refractivity contribution in [3.05, 3.63) is 135 Å². The quantitative estimate of drug-likeness (QED) is 0.0201. The van der Waals surface area contributed by atoms with Crippen molar-refractivity contribution in [2.75, 3.05) is 18.1 Å². The molecule has 1 fully saturated rings. The standard InChI is InChI=1S/C42H39N7O8S3/c1-3-4-21-54-41(53)56-26(2)55-39(52)36-27(19-20-30-24-60-48-47-30)23-58-38-35(37(51)49(36)38)46-34(50)22-44-57-42(28-13-7-5-8-14-28,29-15-9-6-10-16-29)32-18-12-11-17-31(32)33-25-59-40(43)45-33/h5-20,22,24-26,35,38H,3-4,21,23H2,1-2H3,(H2,43,45)(H,46,50)/b20-19-,44-22-. The number of hydrogen-bond acceptors (Lipinski definition) is 16. The van der Waals surface area contributed by atoms with E-state index in [9.17, 15) is 19.2 Å². The molecule has 3 aromatic carbocycles. The molecule has 3 unspecified atom stereocenters. The number of aromatic nitrogens is 3. The minimum atomic E-state index is -1.37. The number of nitrogens with one attached hydrogen (secondary N) is 1. The molecule has 15 nitrogen and oxygen atoms in total. The summed E-state index contributed by atoms with van der Waals surface area (Å²) in [5.74, 6) is -1.90. The van der Waals surface area contributed by atoms with Gasteiger partial charge in [-0.3, -0.25) is 14.5 Å². The second kappa shape index (κ2) is 19.1. The number of benzene rings is 3. The zero-order valence-electron chi connectivity index (χ0n) is 32.3. The van der Waals surface area contributed by atoms with Crippen molar-refractivity contribution >= 4 is 76.0 Å². The van der Waals surface area contributed by atoms with E-state index in [2.05, 4.69) is 25.0 Å². The Morgan fingerprint density at radius 3 is 2.38 bits per heavy atom. The van der Waals surface area contributed by atoms with Gasteiger partial charge in [0.2, 0.25) is 11.9 Å². The lowest BCUT2D eigenvalue weighted by Gasteiger charge is -2.49. The average Bonchev–Trinajstić information content (AvgIpc) is 3.96. The number of nitrogens with zero attached hydrogens (tertiary/aromatic N) is 5. The largest absolute Gasteiger partial charge is 0.511 e. The summed E-state index contributed by atoms with van der Waals surface area (Å²) >= 11 is 3.82. The minimum absolute atomic E-state index is 0.0588. The number of ether oxygens (including phenoxy) is 3. The van der Waals surface area contributed by atoms with Gasteiger partial charge in [0.15, 0.2) is 5.13 Å². The predicted octanol–water partition coefficient (Wildman–Crippen LogP) is 6.75. The molecule has 1 saturated heterocycles. The number of hydrogen-bond donors (Lipinski definition) is 2. The second-order valence-corrected chi connectivity index (χ2v) is 15.9. The van der Waals surface area contributed by atoms with Gasteiger partial charge in [0, 0.05) is 45.7 Å². The summed E-state index contributed by atoms with van der Waals surface area (Å²) in [6.07, 6.45) is 3.44. The Morgan fingerprint density at radius 1 is 1.00 bits per heavy atom. The van der Waals surface area contributed by atoms with Crippen LogP contribution in [0.2, 0.25) is 0 Å². The molecule has 0 saturated carbocycles. The van der Waals surface area contributed by atoms with E-state index in [4.69, 9.17) is 24.8 Å². The molecule has 2 amide bonds. The summed E-state index contributed by atoms with van der Waals surface area (Å²) in [7, 11) is 0. The number of rotatable bonds is 16. The number of carbonyl (C=O) groups excluding carboxylic acids is 4. The smallest absolute Gasteiger partial charge is 0.434 e. The average molecular weight is 866 g/mol. The first kappa shape index (κ1) is 41.8. The molecule has 3 N–H and O–H groups in total. The number of oxime groups is 1. The highest BCUT2D eigenvalue weighted by Gasteiger charge is 2.54. The zero-order chi connectivity index (χ0) is 42.1. The number of nitrogen functional groups attached to an aromatic ring is 1. The molecule has 0 spiro atoms. The van der Waals surface area contributed by atoms with Gasteiger partial charge in [0.25, 0.3) is 11.8 Å². The van der Waals surface area contributed by atoms with Crippen molar-refractivity contribution in [1.82, 2.24) is 24.8 Å². The van der Waals surface area contributed by atoms with Crippen LogP contribution in [0.25, 0.3) is 17.3 Å². The van der Waals surface area contributed by atoms with Crippen LogP contribution in [0.5, 0.6) is 0 Å². The van der Waals surface area contributed by atoms with Gasteiger partial charge in [-0.05, 0) is 29.6 Å². The number of nitrogens with two attached hydrogens (primary N) is 1. The third-order valence-corrected chi connectivity index (χ3v) is 11.9. The van der Waals surface area contributed by atoms with Crippen molar-refractivity contribution in [2.45, 2.75) is 50.0 Å². The van der Waals surface area contributed by atoms with Crippen molar-refractivity contribution in [3.63, 3.8) is 0 Å². The minimum Gasteiger partial charge on any atom is -0.434 e. The SMILES string of the molecule is CCCCOC(=O)OC(C)OC(=O)C1=C(/C=C\c2csnn2)CSC2C(NC(=O)/C=N\OC(c3ccccc3)(c3ccccc3)c3ccccc3-c3csc(N)n3)C(=O)N12. The fourth-order valence-electron chi connectivity index (χ4n) is 6.64. The van der Waals surface area contributed by atoms with Gasteiger partial charge >= 0.3 is 12.1 Å². The third-order valence-electron chi connectivity index (χ3n) is 9.40. The molecular formula is C42H39N7O8S3. The monoisotopic (exact) mass is 865 g/mol. The molecule has 0 bridgehead atoms. The summed E-state index contributed by atoms with van der Waals surface area (Å²) < 4.78 is 19.4. The molecule has 60 heavy (non-hydrogen) atoms. The first-order chi connectivity index (χ1) is 29.2. The van der Waals surface area contributed by atoms with Gasteiger partial charge < -0.3 is 30.1 Å². The van der Waals surface area contributed by atoms with Crippen molar-refractivity contribution < 1.29 is 38.2 Å². The molecule has 2 aliphatic rings. The van der Waals surface area contributed by atoms with E-state index in [1.807, 2.05) is 97.2 Å². The molecular weight excluding hydrogens is 827 g/mol.